The molecule has 7 heteroatoms. The Hall–Kier alpha value is -2.93. The van der Waals surface area contributed by atoms with E-state index >= 15 is 0 Å². The van der Waals surface area contributed by atoms with Crippen LogP contribution in [0.3, 0.4) is 0 Å². The average Bonchev–Trinajstić information content (AvgIpc) is 3.04. The smallest absolute Gasteiger partial charge is 0.264 e. The van der Waals surface area contributed by atoms with E-state index < -0.39 is 10.0 Å². The Morgan fingerprint density at radius 2 is 1.68 bits per heavy atom. The Morgan fingerprint density at radius 1 is 0.971 bits per heavy atom. The lowest BCUT2D eigenvalue weighted by Crippen LogP contribution is -2.19. The second kappa shape index (κ2) is 8.38. The monoisotopic (exact) mass is 477 g/mol. The molecule has 1 N–H and O–H groups in total. The summed E-state index contributed by atoms with van der Waals surface area (Å²) in [5.74, 6) is 1.19. The highest BCUT2D eigenvalue weighted by molar-refractivity contribution is 7.92. The quantitative estimate of drug-likeness (QED) is 0.497. The number of aromatic nitrogens is 2. The van der Waals surface area contributed by atoms with E-state index in [2.05, 4.69) is 28.5 Å². The highest BCUT2D eigenvalue weighted by atomic mass is 32.2. The third-order valence-electron chi connectivity index (χ3n) is 7.11. The standard InChI is InChI=1S/C27H31N3O3S/c1-17-7-5-8-18(2)25(17)23-13-24-29-26(28-23)30-34(31,32)22-10-6-9-19(12-22)11-20-14-27(3,4)15-21(20)16-33-24/h5-10,12-13,20-21H,11,14-16H2,1-4H3,(H,28,29,30). The zero-order valence-corrected chi connectivity index (χ0v) is 20.9. The predicted molar refractivity (Wildman–Crippen MR) is 133 cm³/mol. The molecule has 4 bridgehead atoms. The van der Waals surface area contributed by atoms with Crippen LogP contribution in [0, 0.1) is 31.1 Å². The number of nitrogens with one attached hydrogen (secondary N) is 1. The molecule has 1 saturated carbocycles. The zero-order chi connectivity index (χ0) is 24.1. The second-order valence-electron chi connectivity index (χ2n) is 10.5. The number of sulfonamides is 1. The van der Waals surface area contributed by atoms with Crippen LogP contribution in [0.25, 0.3) is 11.3 Å². The van der Waals surface area contributed by atoms with Crippen LogP contribution >= 0.6 is 0 Å². The number of aryl methyl sites for hydroxylation is 2. The normalized spacial score (nSPS) is 22.8. The van der Waals surface area contributed by atoms with E-state index in [1.165, 1.54) is 0 Å². The van der Waals surface area contributed by atoms with Crippen molar-refractivity contribution in [3.05, 3.63) is 65.2 Å². The molecule has 2 atom stereocenters. The van der Waals surface area contributed by atoms with Crippen molar-refractivity contribution in [2.24, 2.45) is 17.3 Å². The zero-order valence-electron chi connectivity index (χ0n) is 20.1. The van der Waals surface area contributed by atoms with E-state index in [9.17, 15) is 8.42 Å². The Balaban J connectivity index is 1.64. The van der Waals surface area contributed by atoms with Gasteiger partial charge in [-0.25, -0.2) is 18.1 Å². The Morgan fingerprint density at radius 3 is 2.44 bits per heavy atom. The fourth-order valence-electron chi connectivity index (χ4n) is 5.68. The first kappa shape index (κ1) is 22.8. The minimum atomic E-state index is -3.85. The number of ether oxygens (including phenoxy) is 1. The average molecular weight is 478 g/mol. The lowest BCUT2D eigenvalue weighted by molar-refractivity contribution is 0.204. The molecule has 1 aliphatic carbocycles. The van der Waals surface area contributed by atoms with Gasteiger partial charge in [-0.05, 0) is 79.2 Å². The molecule has 2 heterocycles. The van der Waals surface area contributed by atoms with Crippen molar-refractivity contribution in [2.75, 3.05) is 11.3 Å². The summed E-state index contributed by atoms with van der Waals surface area (Å²) in [5.41, 5.74) is 4.97. The number of rotatable bonds is 1. The molecule has 0 spiro atoms. The molecule has 2 unspecified atom stereocenters. The largest absolute Gasteiger partial charge is 0.477 e. The van der Waals surface area contributed by atoms with Gasteiger partial charge in [0.05, 0.1) is 17.2 Å². The summed E-state index contributed by atoms with van der Waals surface area (Å²) < 4.78 is 35.3. The van der Waals surface area contributed by atoms with Gasteiger partial charge >= 0.3 is 0 Å². The van der Waals surface area contributed by atoms with Crippen LogP contribution < -0.4 is 9.46 Å². The Labute approximate surface area is 201 Å². The van der Waals surface area contributed by atoms with Gasteiger partial charge in [-0.1, -0.05) is 44.2 Å². The van der Waals surface area contributed by atoms with Gasteiger partial charge in [0.1, 0.15) is 0 Å². The summed E-state index contributed by atoms with van der Waals surface area (Å²) in [7, 11) is -3.85. The van der Waals surface area contributed by atoms with E-state index in [1.807, 2.05) is 50.2 Å². The highest BCUT2D eigenvalue weighted by Crippen LogP contribution is 2.46. The molecular weight excluding hydrogens is 446 g/mol. The SMILES string of the molecule is Cc1cccc(C)c1-c1cc2nc(n1)NS(=O)(=O)c1cccc(c1)CC1CC(C)(C)CC1CO2. The maximum absolute atomic E-state index is 13.3. The van der Waals surface area contributed by atoms with Crippen molar-refractivity contribution in [1.29, 1.82) is 0 Å². The second-order valence-corrected chi connectivity index (χ2v) is 12.2. The molecule has 2 aliphatic rings. The molecule has 1 fully saturated rings. The first-order chi connectivity index (χ1) is 16.1. The minimum Gasteiger partial charge on any atom is -0.477 e. The van der Waals surface area contributed by atoms with Crippen LogP contribution in [-0.4, -0.2) is 25.0 Å². The molecule has 2 aromatic carbocycles. The van der Waals surface area contributed by atoms with Crippen LogP contribution in [-0.2, 0) is 16.4 Å². The lowest BCUT2D eigenvalue weighted by Gasteiger charge is -2.20. The van der Waals surface area contributed by atoms with E-state index in [0.717, 1.165) is 41.5 Å². The predicted octanol–water partition coefficient (Wildman–Crippen LogP) is 5.55. The van der Waals surface area contributed by atoms with Crippen LogP contribution in [0.2, 0.25) is 0 Å². The van der Waals surface area contributed by atoms with Crippen LogP contribution in [0.1, 0.15) is 43.4 Å². The van der Waals surface area contributed by atoms with E-state index in [0.29, 0.717) is 30.0 Å². The van der Waals surface area contributed by atoms with E-state index in [-0.39, 0.29) is 16.3 Å². The molecule has 1 aliphatic heterocycles. The summed E-state index contributed by atoms with van der Waals surface area (Å²) >= 11 is 0. The van der Waals surface area contributed by atoms with Crippen molar-refractivity contribution in [3.63, 3.8) is 0 Å². The number of hydrogen-bond acceptors (Lipinski definition) is 5. The summed E-state index contributed by atoms with van der Waals surface area (Å²) in [6, 6.07) is 15.1. The topological polar surface area (TPSA) is 81.2 Å². The molecule has 3 aromatic rings. The third-order valence-corrected chi connectivity index (χ3v) is 8.44. The Bertz CT molecular complexity index is 1330. The lowest BCUT2D eigenvalue weighted by atomic mass is 9.88. The number of fused-ring (bicyclic) bond motifs is 5. The highest BCUT2D eigenvalue weighted by Gasteiger charge is 2.39. The molecule has 6 nitrogen and oxygen atoms in total. The van der Waals surface area contributed by atoms with E-state index in [1.54, 1.807) is 12.1 Å². The number of benzene rings is 2. The summed E-state index contributed by atoms with van der Waals surface area (Å²) in [5, 5.41) is 0. The molecular formula is C27H31N3O3S. The van der Waals surface area contributed by atoms with Crippen LogP contribution in [0.5, 0.6) is 5.88 Å². The van der Waals surface area contributed by atoms with Crippen molar-refractivity contribution in [1.82, 2.24) is 9.97 Å². The maximum Gasteiger partial charge on any atom is 0.264 e. The third kappa shape index (κ3) is 4.53. The van der Waals surface area contributed by atoms with Crippen LogP contribution in [0.4, 0.5) is 5.95 Å². The van der Waals surface area contributed by atoms with Gasteiger partial charge in [0.25, 0.3) is 10.0 Å². The van der Waals surface area contributed by atoms with Gasteiger partial charge in [-0.15, -0.1) is 0 Å². The minimum absolute atomic E-state index is 0.0168. The van der Waals surface area contributed by atoms with E-state index in [4.69, 9.17) is 4.74 Å². The number of anilines is 1. The summed E-state index contributed by atoms with van der Waals surface area (Å²) in [6.07, 6.45) is 2.98. The summed E-state index contributed by atoms with van der Waals surface area (Å²) in [4.78, 5) is 9.26. The van der Waals surface area contributed by atoms with Gasteiger partial charge < -0.3 is 4.74 Å². The number of hydrogen-bond donors (Lipinski definition) is 1. The maximum atomic E-state index is 13.3. The number of nitrogens with zero attached hydrogens (tertiary/aromatic N) is 2. The van der Waals surface area contributed by atoms with Gasteiger partial charge in [0.2, 0.25) is 11.8 Å². The van der Waals surface area contributed by atoms with Gasteiger partial charge in [0.15, 0.2) is 0 Å². The van der Waals surface area contributed by atoms with Gasteiger partial charge in [-0.3, -0.25) is 0 Å². The van der Waals surface area contributed by atoms with Crippen molar-refractivity contribution < 1.29 is 13.2 Å². The van der Waals surface area contributed by atoms with Crippen molar-refractivity contribution >= 4 is 16.0 Å². The molecule has 178 valence electrons. The molecule has 34 heavy (non-hydrogen) atoms. The van der Waals surface area contributed by atoms with Crippen molar-refractivity contribution in [3.8, 4) is 17.1 Å². The fraction of sp³-hybridized carbons (Fsp3) is 0.407. The molecule has 0 amide bonds. The first-order valence-corrected chi connectivity index (χ1v) is 13.3. The molecule has 5 rings (SSSR count). The Kier molecular flexibility index (Phi) is 5.63. The molecule has 1 aromatic heterocycles. The molecule has 0 saturated heterocycles. The first-order valence-electron chi connectivity index (χ1n) is 11.8. The van der Waals surface area contributed by atoms with Crippen molar-refractivity contribution in [2.45, 2.75) is 51.9 Å². The summed E-state index contributed by atoms with van der Waals surface area (Å²) in [6.45, 7) is 9.19. The van der Waals surface area contributed by atoms with Gasteiger partial charge in [-0.2, -0.15) is 4.98 Å². The molecule has 0 radical (unpaired) electrons. The fourth-order valence-corrected chi connectivity index (χ4v) is 6.69. The van der Waals surface area contributed by atoms with Crippen LogP contribution in [0.15, 0.2) is 53.4 Å². The van der Waals surface area contributed by atoms with Gasteiger partial charge in [0, 0.05) is 11.6 Å².